The quantitative estimate of drug-likeness (QED) is 0.583. The highest BCUT2D eigenvalue weighted by Crippen LogP contribution is 1.78. The first-order valence-electron chi connectivity index (χ1n) is 3.38. The van der Waals surface area contributed by atoms with E-state index in [9.17, 15) is 0 Å². The second kappa shape index (κ2) is 5.63. The Labute approximate surface area is 57.3 Å². The largest absolute Gasteiger partial charge is 0.391 e. The van der Waals surface area contributed by atoms with Crippen LogP contribution in [0.1, 0.15) is 13.8 Å². The van der Waals surface area contributed by atoms with Crippen molar-refractivity contribution in [1.82, 2.24) is 10.6 Å². The molecule has 0 aliphatic rings. The van der Waals surface area contributed by atoms with Crippen LogP contribution in [-0.2, 0) is 0 Å². The van der Waals surface area contributed by atoms with Gasteiger partial charge in [-0.05, 0) is 27.1 Å². The predicted molar refractivity (Wildman–Crippen MR) is 41.3 cm³/mol. The van der Waals surface area contributed by atoms with Gasteiger partial charge in [0.1, 0.15) is 0 Å². The summed E-state index contributed by atoms with van der Waals surface area (Å²) >= 11 is 0. The number of hydrogen-bond acceptors (Lipinski definition) is 2. The molecule has 54 valence electrons. The van der Waals surface area contributed by atoms with Gasteiger partial charge in [-0.15, -0.1) is 0 Å². The van der Waals surface area contributed by atoms with Crippen LogP contribution in [0.4, 0.5) is 0 Å². The molecule has 0 aromatic rings. The molecule has 2 N–H and O–H groups in total. The highest BCUT2D eigenvalue weighted by Gasteiger charge is 1.85. The van der Waals surface area contributed by atoms with Gasteiger partial charge in [0.25, 0.3) is 0 Å². The van der Waals surface area contributed by atoms with Gasteiger partial charge in [-0.2, -0.15) is 0 Å². The van der Waals surface area contributed by atoms with E-state index in [4.69, 9.17) is 0 Å². The van der Waals surface area contributed by atoms with Gasteiger partial charge in [-0.3, -0.25) is 0 Å². The van der Waals surface area contributed by atoms with Crippen LogP contribution in [0.5, 0.6) is 0 Å². The molecule has 0 spiro atoms. The van der Waals surface area contributed by atoms with Crippen LogP contribution < -0.4 is 10.6 Å². The lowest BCUT2D eigenvalue weighted by atomic mass is 10.3. The Morgan fingerprint density at radius 2 is 2.22 bits per heavy atom. The molecular weight excluding hydrogens is 112 g/mol. The minimum atomic E-state index is 0.462. The molecule has 0 aromatic heterocycles. The fourth-order valence-electron chi connectivity index (χ4n) is 0.426. The second-order valence-electron chi connectivity index (χ2n) is 1.99. The molecule has 0 aliphatic heterocycles. The second-order valence-corrected chi connectivity index (χ2v) is 1.99. The lowest BCUT2D eigenvalue weighted by Crippen LogP contribution is -2.19. The Bertz CT molecular complexity index is 79.0. The topological polar surface area (TPSA) is 24.1 Å². The van der Waals surface area contributed by atoms with Crippen LogP contribution in [0.3, 0.4) is 0 Å². The van der Waals surface area contributed by atoms with Crippen LogP contribution >= 0.6 is 0 Å². The molecule has 0 aromatic carbocycles. The lowest BCUT2D eigenvalue weighted by molar-refractivity contribution is 0.722. The highest BCUT2D eigenvalue weighted by molar-refractivity contribution is 4.87. The third-order valence-electron chi connectivity index (χ3n) is 1.16. The normalized spacial score (nSPS) is 14.1. The molecule has 2 nitrogen and oxygen atoms in total. The van der Waals surface area contributed by atoms with Gasteiger partial charge >= 0.3 is 0 Å². The first-order chi connectivity index (χ1) is 4.31. The van der Waals surface area contributed by atoms with Crippen molar-refractivity contribution >= 4 is 0 Å². The predicted octanol–water partition coefficient (Wildman–Crippen LogP) is 0.717. The van der Waals surface area contributed by atoms with Gasteiger partial charge < -0.3 is 10.6 Å². The summed E-state index contributed by atoms with van der Waals surface area (Å²) in [4.78, 5) is 0. The maximum Gasteiger partial charge on any atom is 0.0235 e. The average Bonchev–Trinajstić information content (AvgIpc) is 1.89. The van der Waals surface area contributed by atoms with Crippen molar-refractivity contribution in [3.05, 3.63) is 12.3 Å². The van der Waals surface area contributed by atoms with Crippen LogP contribution in [-0.4, -0.2) is 19.6 Å². The summed E-state index contributed by atoms with van der Waals surface area (Å²) in [6.45, 7) is 5.18. The first kappa shape index (κ1) is 8.50. The Morgan fingerprint density at radius 3 is 2.67 bits per heavy atom. The molecule has 0 amide bonds. The molecule has 0 saturated heterocycles. The van der Waals surface area contributed by atoms with Crippen LogP contribution in [0.2, 0.25) is 0 Å². The molecule has 0 saturated carbocycles. The Kier molecular flexibility index (Phi) is 5.32. The van der Waals surface area contributed by atoms with Crippen molar-refractivity contribution in [3.63, 3.8) is 0 Å². The molecule has 2 heteroatoms. The van der Waals surface area contributed by atoms with Crippen molar-refractivity contribution in [1.29, 1.82) is 0 Å². The standard InChI is InChI=1S/C7H16N2/c1-4-9-6-5-7(2)8-3/h5-9H,4H2,1-3H3/b6-5-. The van der Waals surface area contributed by atoms with E-state index in [1.165, 1.54) is 0 Å². The lowest BCUT2D eigenvalue weighted by Gasteiger charge is -2.01. The summed E-state index contributed by atoms with van der Waals surface area (Å²) in [5.74, 6) is 0. The highest BCUT2D eigenvalue weighted by atomic mass is 14.9. The zero-order chi connectivity index (χ0) is 7.11. The minimum Gasteiger partial charge on any atom is -0.391 e. The van der Waals surface area contributed by atoms with Crippen molar-refractivity contribution in [2.24, 2.45) is 0 Å². The molecular formula is C7H16N2. The minimum absolute atomic E-state index is 0.462. The molecule has 0 aliphatic carbocycles. The summed E-state index contributed by atoms with van der Waals surface area (Å²) in [5.41, 5.74) is 0. The van der Waals surface area contributed by atoms with E-state index in [0.29, 0.717) is 6.04 Å². The molecule has 0 bridgehead atoms. The molecule has 9 heavy (non-hydrogen) atoms. The van der Waals surface area contributed by atoms with Crippen molar-refractivity contribution in [2.75, 3.05) is 13.6 Å². The molecule has 0 fully saturated rings. The van der Waals surface area contributed by atoms with E-state index in [0.717, 1.165) is 6.54 Å². The van der Waals surface area contributed by atoms with Gasteiger partial charge in [0.15, 0.2) is 0 Å². The number of nitrogens with one attached hydrogen (secondary N) is 2. The summed E-state index contributed by atoms with van der Waals surface area (Å²) in [7, 11) is 1.95. The van der Waals surface area contributed by atoms with E-state index in [1.807, 2.05) is 13.2 Å². The zero-order valence-corrected chi connectivity index (χ0v) is 6.44. The summed E-state index contributed by atoms with van der Waals surface area (Å²) < 4.78 is 0. The van der Waals surface area contributed by atoms with E-state index in [-0.39, 0.29) is 0 Å². The fraction of sp³-hybridized carbons (Fsp3) is 0.714. The van der Waals surface area contributed by atoms with E-state index in [1.54, 1.807) is 0 Å². The van der Waals surface area contributed by atoms with Crippen molar-refractivity contribution in [3.8, 4) is 0 Å². The van der Waals surface area contributed by atoms with Crippen LogP contribution in [0, 0.1) is 0 Å². The number of likely N-dealkylation sites (N-methyl/N-ethyl adjacent to an activating group) is 1. The Balaban J connectivity index is 3.20. The third kappa shape index (κ3) is 5.37. The first-order valence-corrected chi connectivity index (χ1v) is 3.38. The molecule has 1 unspecified atom stereocenters. The molecule has 1 atom stereocenters. The van der Waals surface area contributed by atoms with Gasteiger partial charge in [0, 0.05) is 12.6 Å². The van der Waals surface area contributed by atoms with E-state index < -0.39 is 0 Å². The van der Waals surface area contributed by atoms with Crippen LogP contribution in [0.15, 0.2) is 12.3 Å². The molecule has 0 radical (unpaired) electrons. The monoisotopic (exact) mass is 128 g/mol. The number of hydrogen-bond donors (Lipinski definition) is 2. The Hall–Kier alpha value is -0.500. The summed E-state index contributed by atoms with van der Waals surface area (Å²) in [5, 5.41) is 6.19. The Morgan fingerprint density at radius 1 is 1.56 bits per heavy atom. The third-order valence-corrected chi connectivity index (χ3v) is 1.16. The van der Waals surface area contributed by atoms with Gasteiger partial charge in [0.2, 0.25) is 0 Å². The van der Waals surface area contributed by atoms with E-state index >= 15 is 0 Å². The zero-order valence-electron chi connectivity index (χ0n) is 6.44. The summed E-state index contributed by atoms with van der Waals surface area (Å²) in [6, 6.07) is 0.462. The van der Waals surface area contributed by atoms with E-state index in [2.05, 4.69) is 30.6 Å². The van der Waals surface area contributed by atoms with Gasteiger partial charge in [-0.25, -0.2) is 0 Å². The molecule has 0 rings (SSSR count). The van der Waals surface area contributed by atoms with Crippen molar-refractivity contribution in [2.45, 2.75) is 19.9 Å². The SMILES string of the molecule is CCN/C=C\C(C)NC. The maximum absolute atomic E-state index is 3.10. The van der Waals surface area contributed by atoms with Gasteiger partial charge in [-0.1, -0.05) is 6.08 Å². The summed E-state index contributed by atoms with van der Waals surface area (Å²) in [6.07, 6.45) is 4.06. The van der Waals surface area contributed by atoms with Crippen molar-refractivity contribution < 1.29 is 0 Å². The fourth-order valence-corrected chi connectivity index (χ4v) is 0.426. The van der Waals surface area contributed by atoms with Crippen LogP contribution in [0.25, 0.3) is 0 Å². The average molecular weight is 128 g/mol. The van der Waals surface area contributed by atoms with Gasteiger partial charge in [0.05, 0.1) is 0 Å². The maximum atomic E-state index is 3.10. The number of rotatable bonds is 4. The smallest absolute Gasteiger partial charge is 0.0235 e. The molecule has 0 heterocycles.